The first-order chi connectivity index (χ1) is 9.54. The highest BCUT2D eigenvalue weighted by molar-refractivity contribution is 5.48. The van der Waals surface area contributed by atoms with E-state index >= 15 is 0 Å². The Hall–Kier alpha value is -1.10. The van der Waals surface area contributed by atoms with E-state index in [1.165, 1.54) is 30.8 Å². The van der Waals surface area contributed by atoms with Crippen LogP contribution in [0.15, 0.2) is 18.2 Å². The van der Waals surface area contributed by atoms with Gasteiger partial charge in [-0.3, -0.25) is 9.80 Å². The van der Waals surface area contributed by atoms with Crippen LogP contribution in [0.4, 0.5) is 5.69 Å². The first-order valence-corrected chi connectivity index (χ1v) is 7.49. The van der Waals surface area contributed by atoms with Crippen LogP contribution in [-0.4, -0.2) is 68.1 Å². The molecule has 20 heavy (non-hydrogen) atoms. The van der Waals surface area contributed by atoms with E-state index in [2.05, 4.69) is 47.9 Å². The zero-order chi connectivity index (χ0) is 14.5. The second-order valence-electron chi connectivity index (χ2n) is 6.12. The van der Waals surface area contributed by atoms with Crippen LogP contribution in [0.1, 0.15) is 11.1 Å². The van der Waals surface area contributed by atoms with E-state index in [0.29, 0.717) is 0 Å². The van der Waals surface area contributed by atoms with Crippen LogP contribution < -0.4 is 5.73 Å². The first kappa shape index (κ1) is 15.3. The zero-order valence-electron chi connectivity index (χ0n) is 13.1. The van der Waals surface area contributed by atoms with Crippen LogP contribution in [-0.2, 0) is 6.54 Å². The smallest absolute Gasteiger partial charge is 0.0359 e. The van der Waals surface area contributed by atoms with Gasteiger partial charge in [0.1, 0.15) is 0 Å². The van der Waals surface area contributed by atoms with Gasteiger partial charge in [-0.15, -0.1) is 0 Å². The zero-order valence-corrected chi connectivity index (χ0v) is 13.1. The Bertz CT molecular complexity index is 422. The standard InChI is InChI=1S/C16H28N4/c1-14-4-5-16(17)15(12-14)13-20-10-8-19(9-11-20)7-6-18(2)3/h4-5,12H,6-11,13,17H2,1-3H3. The normalized spacial score (nSPS) is 17.8. The van der Waals surface area contributed by atoms with Gasteiger partial charge in [0.15, 0.2) is 0 Å². The highest BCUT2D eigenvalue weighted by atomic mass is 15.3. The Kier molecular flexibility index (Phi) is 5.40. The van der Waals surface area contributed by atoms with E-state index in [0.717, 1.165) is 31.9 Å². The lowest BCUT2D eigenvalue weighted by Crippen LogP contribution is -2.47. The first-order valence-electron chi connectivity index (χ1n) is 7.49. The van der Waals surface area contributed by atoms with Gasteiger partial charge in [-0.05, 0) is 32.6 Å². The third-order valence-corrected chi connectivity index (χ3v) is 4.02. The van der Waals surface area contributed by atoms with E-state index in [1.54, 1.807) is 0 Å². The van der Waals surface area contributed by atoms with Gasteiger partial charge in [0.25, 0.3) is 0 Å². The molecule has 1 saturated heterocycles. The number of hydrogen-bond acceptors (Lipinski definition) is 4. The second kappa shape index (κ2) is 7.07. The minimum absolute atomic E-state index is 0.922. The van der Waals surface area contributed by atoms with E-state index in [4.69, 9.17) is 5.73 Å². The lowest BCUT2D eigenvalue weighted by Gasteiger charge is -2.35. The SMILES string of the molecule is Cc1ccc(N)c(CN2CCN(CCN(C)C)CC2)c1. The Labute approximate surface area is 123 Å². The molecule has 4 heteroatoms. The predicted octanol–water partition coefficient (Wildman–Crippen LogP) is 1.26. The van der Waals surface area contributed by atoms with Gasteiger partial charge >= 0.3 is 0 Å². The van der Waals surface area contributed by atoms with Gasteiger partial charge in [-0.2, -0.15) is 0 Å². The second-order valence-corrected chi connectivity index (χ2v) is 6.12. The van der Waals surface area contributed by atoms with Crippen LogP contribution in [0, 0.1) is 6.92 Å². The molecule has 0 amide bonds. The van der Waals surface area contributed by atoms with Crippen molar-refractivity contribution in [2.45, 2.75) is 13.5 Å². The van der Waals surface area contributed by atoms with E-state index in [-0.39, 0.29) is 0 Å². The van der Waals surface area contributed by atoms with Crippen molar-refractivity contribution in [1.29, 1.82) is 0 Å². The maximum absolute atomic E-state index is 6.07. The molecule has 1 aromatic rings. The number of nitrogens with zero attached hydrogens (tertiary/aromatic N) is 3. The number of anilines is 1. The molecule has 0 atom stereocenters. The molecule has 0 aliphatic carbocycles. The Morgan fingerprint density at radius 1 is 1.10 bits per heavy atom. The molecule has 0 unspecified atom stereocenters. The molecule has 1 aliphatic heterocycles. The Morgan fingerprint density at radius 3 is 2.40 bits per heavy atom. The number of hydrogen-bond donors (Lipinski definition) is 1. The van der Waals surface area contributed by atoms with E-state index in [9.17, 15) is 0 Å². The van der Waals surface area contributed by atoms with Crippen LogP contribution in [0.25, 0.3) is 0 Å². The van der Waals surface area contributed by atoms with Crippen molar-refractivity contribution in [2.24, 2.45) is 0 Å². The van der Waals surface area contributed by atoms with Gasteiger partial charge in [-0.1, -0.05) is 17.7 Å². The van der Waals surface area contributed by atoms with Crippen molar-refractivity contribution in [3.05, 3.63) is 29.3 Å². The maximum atomic E-state index is 6.07. The third-order valence-electron chi connectivity index (χ3n) is 4.02. The molecular weight excluding hydrogens is 248 g/mol. The summed E-state index contributed by atoms with van der Waals surface area (Å²) in [5.41, 5.74) is 9.55. The van der Waals surface area contributed by atoms with Gasteiger partial charge in [0.05, 0.1) is 0 Å². The molecule has 2 N–H and O–H groups in total. The highest BCUT2D eigenvalue weighted by Crippen LogP contribution is 2.17. The van der Waals surface area contributed by atoms with Gasteiger partial charge in [0, 0.05) is 51.5 Å². The van der Waals surface area contributed by atoms with Gasteiger partial charge < -0.3 is 10.6 Å². The molecule has 0 aromatic heterocycles. The monoisotopic (exact) mass is 276 g/mol. The van der Waals surface area contributed by atoms with Crippen molar-refractivity contribution in [1.82, 2.24) is 14.7 Å². The fourth-order valence-electron chi connectivity index (χ4n) is 2.62. The number of aryl methyl sites for hydroxylation is 1. The van der Waals surface area contributed by atoms with Gasteiger partial charge in [-0.25, -0.2) is 0 Å². The summed E-state index contributed by atoms with van der Waals surface area (Å²) in [4.78, 5) is 7.31. The molecular formula is C16H28N4. The topological polar surface area (TPSA) is 35.7 Å². The predicted molar refractivity (Wildman–Crippen MR) is 85.9 cm³/mol. The Balaban J connectivity index is 1.81. The largest absolute Gasteiger partial charge is 0.398 e. The Morgan fingerprint density at radius 2 is 1.75 bits per heavy atom. The van der Waals surface area contributed by atoms with Crippen molar-refractivity contribution in [2.75, 3.05) is 59.1 Å². The minimum atomic E-state index is 0.922. The van der Waals surface area contributed by atoms with Crippen LogP contribution >= 0.6 is 0 Å². The molecule has 112 valence electrons. The molecule has 0 spiro atoms. The molecule has 2 rings (SSSR count). The lowest BCUT2D eigenvalue weighted by atomic mass is 10.1. The number of benzene rings is 1. The molecule has 0 radical (unpaired) electrons. The van der Waals surface area contributed by atoms with Crippen molar-refractivity contribution in [3.63, 3.8) is 0 Å². The number of piperazine rings is 1. The summed E-state index contributed by atoms with van der Waals surface area (Å²) < 4.78 is 0. The van der Waals surface area contributed by atoms with Gasteiger partial charge in [0.2, 0.25) is 0 Å². The summed E-state index contributed by atoms with van der Waals surface area (Å²) in [5, 5.41) is 0. The third kappa shape index (κ3) is 4.47. The molecule has 4 nitrogen and oxygen atoms in total. The van der Waals surface area contributed by atoms with Crippen molar-refractivity contribution >= 4 is 5.69 Å². The number of nitrogen functional groups attached to an aromatic ring is 1. The van der Waals surface area contributed by atoms with Crippen molar-refractivity contribution in [3.8, 4) is 0 Å². The average molecular weight is 276 g/mol. The summed E-state index contributed by atoms with van der Waals surface area (Å²) in [6.07, 6.45) is 0. The quantitative estimate of drug-likeness (QED) is 0.821. The maximum Gasteiger partial charge on any atom is 0.0359 e. The molecule has 0 saturated carbocycles. The number of rotatable bonds is 5. The fourth-order valence-corrected chi connectivity index (χ4v) is 2.62. The highest BCUT2D eigenvalue weighted by Gasteiger charge is 2.17. The van der Waals surface area contributed by atoms with E-state index in [1.807, 2.05) is 6.07 Å². The van der Waals surface area contributed by atoms with E-state index < -0.39 is 0 Å². The van der Waals surface area contributed by atoms with Crippen molar-refractivity contribution < 1.29 is 0 Å². The van der Waals surface area contributed by atoms with Crippen LogP contribution in [0.3, 0.4) is 0 Å². The summed E-state index contributed by atoms with van der Waals surface area (Å²) in [6, 6.07) is 6.32. The molecule has 0 bridgehead atoms. The number of nitrogens with two attached hydrogens (primary N) is 1. The lowest BCUT2D eigenvalue weighted by molar-refractivity contribution is 0.121. The molecule has 1 aromatic carbocycles. The minimum Gasteiger partial charge on any atom is -0.398 e. The number of likely N-dealkylation sites (N-methyl/N-ethyl adjacent to an activating group) is 1. The molecule has 1 heterocycles. The summed E-state index contributed by atoms with van der Waals surface area (Å²) in [7, 11) is 4.27. The average Bonchev–Trinajstić information content (AvgIpc) is 2.42. The summed E-state index contributed by atoms with van der Waals surface area (Å²) in [6.45, 7) is 10.0. The van der Waals surface area contributed by atoms with Crippen LogP contribution in [0.5, 0.6) is 0 Å². The summed E-state index contributed by atoms with van der Waals surface area (Å²) in [5.74, 6) is 0. The molecule has 1 aliphatic rings. The molecule has 1 fully saturated rings. The van der Waals surface area contributed by atoms with Crippen LogP contribution in [0.2, 0.25) is 0 Å². The fraction of sp³-hybridized carbons (Fsp3) is 0.625. The summed E-state index contributed by atoms with van der Waals surface area (Å²) >= 11 is 0.